The summed E-state index contributed by atoms with van der Waals surface area (Å²) < 4.78 is 17.8. The number of methoxy groups -OCH3 is 2. The second-order valence-electron chi connectivity index (χ2n) is 7.95. The first-order chi connectivity index (χ1) is 18.9. The summed E-state index contributed by atoms with van der Waals surface area (Å²) in [5.41, 5.74) is 1.72. The number of carbonyl (C=O) groups is 2. The van der Waals surface area contributed by atoms with Gasteiger partial charge in [0, 0.05) is 22.5 Å². The van der Waals surface area contributed by atoms with E-state index in [1.165, 1.54) is 30.2 Å². The highest BCUT2D eigenvalue weighted by atomic mass is 35.5. The summed E-state index contributed by atoms with van der Waals surface area (Å²) in [7, 11) is 2.90. The van der Waals surface area contributed by atoms with Crippen LogP contribution in [0.2, 0.25) is 5.02 Å². The van der Waals surface area contributed by atoms with Crippen molar-refractivity contribution in [3.05, 3.63) is 83.0 Å². The second-order valence-corrected chi connectivity index (χ2v) is 10.2. The Morgan fingerprint density at radius 3 is 2.49 bits per heavy atom. The maximum absolute atomic E-state index is 12.9. The number of nitrogens with zero attached hydrogens (tertiary/aromatic N) is 3. The van der Waals surface area contributed by atoms with Gasteiger partial charge < -0.3 is 19.5 Å². The van der Waals surface area contributed by atoms with Gasteiger partial charge in [-0.2, -0.15) is 0 Å². The molecule has 0 unspecified atom stereocenters. The van der Waals surface area contributed by atoms with Crippen molar-refractivity contribution in [3.8, 4) is 22.6 Å². The molecule has 0 aliphatic rings. The van der Waals surface area contributed by atoms with E-state index in [1.54, 1.807) is 67.1 Å². The van der Waals surface area contributed by atoms with Crippen LogP contribution >= 0.6 is 34.7 Å². The minimum absolute atomic E-state index is 0.0450. The molecule has 0 saturated carbocycles. The first kappa shape index (κ1) is 28.2. The molecule has 2 aromatic carbocycles. The molecule has 4 rings (SSSR count). The van der Waals surface area contributed by atoms with Gasteiger partial charge in [-0.25, -0.2) is 4.79 Å². The molecule has 0 fully saturated rings. The van der Waals surface area contributed by atoms with Gasteiger partial charge in [-0.1, -0.05) is 41.6 Å². The Kier molecular flexibility index (Phi) is 9.64. The van der Waals surface area contributed by atoms with E-state index in [0.717, 1.165) is 11.3 Å². The van der Waals surface area contributed by atoms with Gasteiger partial charge >= 0.3 is 5.97 Å². The first-order valence-electron chi connectivity index (χ1n) is 11.6. The highest BCUT2D eigenvalue weighted by Crippen LogP contribution is 2.36. The first-order valence-corrected chi connectivity index (χ1v) is 13.9. The molecule has 202 valence electrons. The standard InChI is InChI=1S/C27H25ClN4O5S2/c1-4-13-32-22(14-37-20-11-9-19(35-2)10-12-20)30-31-27(32)39-16-23(33)29-25-24(26(34)36-3)21(15-38-25)17-5-7-18(28)8-6-17/h4-12,15H,1,13-14,16H2,2-3H3,(H,29,33). The number of aromatic nitrogens is 3. The molecule has 0 aliphatic heterocycles. The molecule has 0 radical (unpaired) electrons. The van der Waals surface area contributed by atoms with Gasteiger partial charge in [0.15, 0.2) is 11.0 Å². The Balaban J connectivity index is 1.43. The van der Waals surface area contributed by atoms with Gasteiger partial charge in [0.25, 0.3) is 0 Å². The number of amides is 1. The van der Waals surface area contributed by atoms with Gasteiger partial charge in [-0.3, -0.25) is 9.36 Å². The fraction of sp³-hybridized carbons (Fsp3) is 0.185. The average Bonchev–Trinajstić information content (AvgIpc) is 3.55. The Bertz CT molecular complexity index is 1450. The summed E-state index contributed by atoms with van der Waals surface area (Å²) in [5.74, 6) is 1.18. The number of nitrogens with one attached hydrogen (secondary N) is 1. The molecule has 0 aliphatic carbocycles. The van der Waals surface area contributed by atoms with Crippen LogP contribution in [0.4, 0.5) is 5.00 Å². The zero-order valence-electron chi connectivity index (χ0n) is 21.2. The van der Waals surface area contributed by atoms with Crippen molar-refractivity contribution in [1.82, 2.24) is 14.8 Å². The third kappa shape index (κ3) is 6.99. The number of hydrogen-bond donors (Lipinski definition) is 1. The van der Waals surface area contributed by atoms with Crippen LogP contribution in [0.15, 0.2) is 71.7 Å². The van der Waals surface area contributed by atoms with Crippen molar-refractivity contribution in [3.63, 3.8) is 0 Å². The van der Waals surface area contributed by atoms with Crippen LogP contribution in [-0.2, 0) is 22.7 Å². The maximum atomic E-state index is 12.9. The number of halogens is 1. The van der Waals surface area contributed by atoms with E-state index in [9.17, 15) is 9.59 Å². The molecule has 2 aromatic heterocycles. The predicted molar refractivity (Wildman–Crippen MR) is 153 cm³/mol. The Hall–Kier alpha value is -3.80. The lowest BCUT2D eigenvalue weighted by atomic mass is 10.0. The van der Waals surface area contributed by atoms with Crippen molar-refractivity contribution < 1.29 is 23.8 Å². The minimum Gasteiger partial charge on any atom is -0.497 e. The lowest BCUT2D eigenvalue weighted by Gasteiger charge is -2.10. The normalized spacial score (nSPS) is 10.6. The number of anilines is 1. The number of esters is 1. The van der Waals surface area contributed by atoms with Crippen LogP contribution in [0.1, 0.15) is 16.2 Å². The van der Waals surface area contributed by atoms with Gasteiger partial charge in [0.2, 0.25) is 5.91 Å². The molecule has 1 amide bonds. The number of hydrogen-bond acceptors (Lipinski definition) is 9. The zero-order chi connectivity index (χ0) is 27.8. The Labute approximate surface area is 238 Å². The molecule has 0 bridgehead atoms. The SMILES string of the molecule is C=CCn1c(COc2ccc(OC)cc2)nnc1SCC(=O)Nc1scc(-c2ccc(Cl)cc2)c1C(=O)OC. The number of rotatable bonds is 12. The number of allylic oxidation sites excluding steroid dienone is 1. The summed E-state index contributed by atoms with van der Waals surface area (Å²) in [6.07, 6.45) is 1.72. The van der Waals surface area contributed by atoms with Crippen molar-refractivity contribution in [1.29, 1.82) is 0 Å². The lowest BCUT2D eigenvalue weighted by Crippen LogP contribution is -2.16. The third-order valence-electron chi connectivity index (χ3n) is 5.45. The van der Waals surface area contributed by atoms with E-state index in [4.69, 9.17) is 25.8 Å². The molecular formula is C27H25ClN4O5S2. The van der Waals surface area contributed by atoms with Crippen molar-refractivity contribution >= 4 is 51.6 Å². The fourth-order valence-corrected chi connectivity index (χ4v) is 5.42. The predicted octanol–water partition coefficient (Wildman–Crippen LogP) is 5.95. The molecule has 2 heterocycles. The maximum Gasteiger partial charge on any atom is 0.341 e. The van der Waals surface area contributed by atoms with E-state index in [-0.39, 0.29) is 23.8 Å². The number of ether oxygens (including phenoxy) is 3. The number of thiophene rings is 1. The van der Waals surface area contributed by atoms with Crippen molar-refractivity contribution in [2.45, 2.75) is 18.3 Å². The molecule has 1 N–H and O–H groups in total. The summed E-state index contributed by atoms with van der Waals surface area (Å²) in [5, 5.41) is 14.6. The number of thioether (sulfide) groups is 1. The van der Waals surface area contributed by atoms with Crippen LogP contribution in [-0.4, -0.2) is 46.6 Å². The largest absolute Gasteiger partial charge is 0.497 e. The van der Waals surface area contributed by atoms with E-state index in [0.29, 0.717) is 38.9 Å². The summed E-state index contributed by atoms with van der Waals surface area (Å²) in [6, 6.07) is 14.3. The lowest BCUT2D eigenvalue weighted by molar-refractivity contribution is -0.113. The van der Waals surface area contributed by atoms with Gasteiger partial charge in [0.1, 0.15) is 28.7 Å². The van der Waals surface area contributed by atoms with Crippen LogP contribution in [0.25, 0.3) is 11.1 Å². The average molecular weight is 585 g/mol. The van der Waals surface area contributed by atoms with Crippen LogP contribution in [0, 0.1) is 0 Å². The van der Waals surface area contributed by atoms with E-state index in [1.807, 2.05) is 4.57 Å². The molecule has 9 nitrogen and oxygen atoms in total. The highest BCUT2D eigenvalue weighted by molar-refractivity contribution is 7.99. The summed E-state index contributed by atoms with van der Waals surface area (Å²) in [6.45, 7) is 4.43. The van der Waals surface area contributed by atoms with E-state index < -0.39 is 5.97 Å². The molecule has 4 aromatic rings. The third-order valence-corrected chi connectivity index (χ3v) is 7.57. The monoisotopic (exact) mass is 584 g/mol. The van der Waals surface area contributed by atoms with Crippen molar-refractivity contribution in [2.75, 3.05) is 25.3 Å². The smallest absolute Gasteiger partial charge is 0.341 e. The van der Waals surface area contributed by atoms with Gasteiger partial charge in [-0.15, -0.1) is 28.1 Å². The van der Waals surface area contributed by atoms with Crippen LogP contribution in [0.5, 0.6) is 11.5 Å². The fourth-order valence-electron chi connectivity index (χ4n) is 3.55. The Morgan fingerprint density at radius 2 is 1.82 bits per heavy atom. The van der Waals surface area contributed by atoms with E-state index in [2.05, 4.69) is 22.1 Å². The molecule has 12 heteroatoms. The van der Waals surface area contributed by atoms with E-state index >= 15 is 0 Å². The number of carbonyl (C=O) groups excluding carboxylic acids is 2. The number of benzene rings is 2. The molecular weight excluding hydrogens is 560 g/mol. The zero-order valence-corrected chi connectivity index (χ0v) is 23.6. The summed E-state index contributed by atoms with van der Waals surface area (Å²) >= 11 is 8.46. The second kappa shape index (κ2) is 13.3. The minimum atomic E-state index is -0.545. The molecule has 39 heavy (non-hydrogen) atoms. The quantitative estimate of drug-likeness (QED) is 0.124. The van der Waals surface area contributed by atoms with Crippen molar-refractivity contribution in [2.24, 2.45) is 0 Å². The summed E-state index contributed by atoms with van der Waals surface area (Å²) in [4.78, 5) is 25.5. The van der Waals surface area contributed by atoms with Gasteiger partial charge in [0.05, 0.1) is 20.0 Å². The highest BCUT2D eigenvalue weighted by Gasteiger charge is 2.23. The molecule has 0 saturated heterocycles. The van der Waals surface area contributed by atoms with Crippen LogP contribution in [0.3, 0.4) is 0 Å². The molecule has 0 atom stereocenters. The molecule has 0 spiro atoms. The van der Waals surface area contributed by atoms with Gasteiger partial charge in [-0.05, 0) is 42.0 Å². The Morgan fingerprint density at radius 1 is 1.10 bits per heavy atom. The topological polar surface area (TPSA) is 105 Å². The van der Waals surface area contributed by atoms with Crippen LogP contribution < -0.4 is 14.8 Å².